The second kappa shape index (κ2) is 8.46. The number of benzene rings is 2. The highest BCUT2D eigenvalue weighted by Crippen LogP contribution is 2.21. The van der Waals surface area contributed by atoms with Crippen molar-refractivity contribution in [3.05, 3.63) is 52.8 Å². The molecule has 1 heterocycles. The second-order valence-electron chi connectivity index (χ2n) is 6.56. The largest absolute Gasteiger partial charge is 0.383 e. The van der Waals surface area contributed by atoms with Gasteiger partial charge in [-0.25, -0.2) is 13.6 Å². The number of amides is 1. The van der Waals surface area contributed by atoms with Crippen molar-refractivity contribution in [2.75, 3.05) is 32.7 Å². The van der Waals surface area contributed by atoms with E-state index in [2.05, 4.69) is 4.99 Å². The van der Waals surface area contributed by atoms with E-state index in [4.69, 9.17) is 9.88 Å². The van der Waals surface area contributed by atoms with E-state index in [1.807, 2.05) is 35.7 Å². The van der Waals surface area contributed by atoms with Crippen LogP contribution in [0.4, 0.5) is 5.69 Å². The molecule has 154 valence electrons. The molecule has 0 fully saturated rings. The van der Waals surface area contributed by atoms with Crippen LogP contribution in [0.1, 0.15) is 10.4 Å². The Balaban J connectivity index is 2.09. The van der Waals surface area contributed by atoms with Gasteiger partial charge in [0.1, 0.15) is 0 Å². The maximum atomic E-state index is 12.7. The Labute approximate surface area is 172 Å². The van der Waals surface area contributed by atoms with E-state index in [1.54, 1.807) is 25.3 Å². The quantitative estimate of drug-likeness (QED) is 0.637. The van der Waals surface area contributed by atoms with Crippen molar-refractivity contribution < 1.29 is 17.9 Å². The van der Waals surface area contributed by atoms with E-state index in [0.29, 0.717) is 28.2 Å². The Morgan fingerprint density at radius 3 is 2.48 bits per heavy atom. The van der Waals surface area contributed by atoms with Crippen molar-refractivity contribution in [3.63, 3.8) is 0 Å². The number of hydrogen-bond acceptors (Lipinski definition) is 6. The number of primary sulfonamides is 1. The molecule has 0 aliphatic rings. The fraction of sp³-hybridized carbons (Fsp3) is 0.263. The predicted octanol–water partition coefficient (Wildman–Crippen LogP) is 1.80. The maximum Gasteiger partial charge on any atom is 0.279 e. The molecule has 0 bridgehead atoms. The molecule has 8 nitrogen and oxygen atoms in total. The van der Waals surface area contributed by atoms with E-state index >= 15 is 0 Å². The molecule has 1 aromatic heterocycles. The molecule has 0 spiro atoms. The van der Waals surface area contributed by atoms with Crippen molar-refractivity contribution >= 4 is 43.2 Å². The summed E-state index contributed by atoms with van der Waals surface area (Å²) in [6.07, 6.45) is 0. The first-order valence-corrected chi connectivity index (χ1v) is 11.1. The first-order chi connectivity index (χ1) is 13.7. The number of anilines is 1. The summed E-state index contributed by atoms with van der Waals surface area (Å²) in [5, 5.41) is 5.23. The normalized spacial score (nSPS) is 12.5. The summed E-state index contributed by atoms with van der Waals surface area (Å²) in [5.41, 5.74) is 2.21. The number of aromatic nitrogens is 1. The van der Waals surface area contributed by atoms with Crippen LogP contribution in [-0.4, -0.2) is 46.7 Å². The number of hydrogen-bond donors (Lipinski definition) is 1. The Morgan fingerprint density at radius 1 is 1.21 bits per heavy atom. The molecule has 1 amide bonds. The van der Waals surface area contributed by atoms with Gasteiger partial charge in [-0.3, -0.25) is 4.79 Å². The molecule has 3 rings (SSSR count). The Kier molecular flexibility index (Phi) is 6.18. The number of sulfonamides is 1. The van der Waals surface area contributed by atoms with Crippen LogP contribution in [0.2, 0.25) is 0 Å². The molecule has 0 radical (unpaired) electrons. The predicted molar refractivity (Wildman–Crippen MR) is 114 cm³/mol. The van der Waals surface area contributed by atoms with Crippen molar-refractivity contribution in [3.8, 4) is 0 Å². The minimum atomic E-state index is -3.82. The number of methoxy groups -OCH3 is 1. The van der Waals surface area contributed by atoms with Crippen LogP contribution >= 0.6 is 11.3 Å². The van der Waals surface area contributed by atoms with Crippen molar-refractivity contribution in [2.45, 2.75) is 11.4 Å². The van der Waals surface area contributed by atoms with Crippen LogP contribution in [-0.2, 0) is 21.3 Å². The standard InChI is InChI=1S/C19H22N4O4S2/c1-22(2)14-6-4-13(5-7-14)18(24)21-19-23(10-11-27-3)16-9-8-15(29(20,25)26)12-17(16)28-19/h4-9,12H,10-11H2,1-3H3,(H2,20,25,26). The highest BCUT2D eigenvalue weighted by molar-refractivity contribution is 7.89. The van der Waals surface area contributed by atoms with Crippen LogP contribution in [0.5, 0.6) is 0 Å². The SMILES string of the molecule is COCCn1c(=NC(=O)c2ccc(N(C)C)cc2)sc2cc(S(N)(=O)=O)ccc21. The second-order valence-corrected chi connectivity index (χ2v) is 9.13. The van der Waals surface area contributed by atoms with Gasteiger partial charge in [0.05, 0.1) is 21.7 Å². The lowest BCUT2D eigenvalue weighted by atomic mass is 10.2. The highest BCUT2D eigenvalue weighted by atomic mass is 32.2. The number of carbonyl (C=O) groups is 1. The van der Waals surface area contributed by atoms with Gasteiger partial charge in [-0.15, -0.1) is 0 Å². The van der Waals surface area contributed by atoms with E-state index in [0.717, 1.165) is 11.2 Å². The monoisotopic (exact) mass is 434 g/mol. The van der Waals surface area contributed by atoms with Gasteiger partial charge in [-0.1, -0.05) is 11.3 Å². The lowest BCUT2D eigenvalue weighted by Crippen LogP contribution is -2.19. The number of nitrogens with zero attached hydrogens (tertiary/aromatic N) is 3. The number of fused-ring (bicyclic) bond motifs is 1. The first kappa shape index (κ1) is 21.2. The number of ether oxygens (including phenoxy) is 1. The number of thiazole rings is 1. The molecule has 10 heteroatoms. The molecular weight excluding hydrogens is 412 g/mol. The molecule has 29 heavy (non-hydrogen) atoms. The van der Waals surface area contributed by atoms with Gasteiger partial charge < -0.3 is 14.2 Å². The van der Waals surface area contributed by atoms with Crippen molar-refractivity contribution in [1.29, 1.82) is 0 Å². The Bertz CT molecular complexity index is 1210. The third-order valence-corrected chi connectivity index (χ3v) is 6.28. The van der Waals surface area contributed by atoms with Crippen LogP contribution < -0.4 is 14.8 Å². The van der Waals surface area contributed by atoms with Crippen LogP contribution in [0.3, 0.4) is 0 Å². The molecule has 0 aliphatic carbocycles. The van der Waals surface area contributed by atoms with E-state index in [9.17, 15) is 13.2 Å². The van der Waals surface area contributed by atoms with Crippen molar-refractivity contribution in [2.24, 2.45) is 10.1 Å². The van der Waals surface area contributed by atoms with E-state index in [1.165, 1.54) is 23.5 Å². The lowest BCUT2D eigenvalue weighted by Gasteiger charge is -2.11. The zero-order chi connectivity index (χ0) is 21.2. The smallest absolute Gasteiger partial charge is 0.279 e. The third kappa shape index (κ3) is 4.73. The molecule has 0 unspecified atom stereocenters. The third-order valence-electron chi connectivity index (χ3n) is 4.33. The topological polar surface area (TPSA) is 107 Å². The zero-order valence-corrected chi connectivity index (χ0v) is 18.0. The molecular formula is C19H22N4O4S2. The van der Waals surface area contributed by atoms with Gasteiger partial charge in [0, 0.05) is 39.0 Å². The minimum Gasteiger partial charge on any atom is -0.383 e. The fourth-order valence-electron chi connectivity index (χ4n) is 2.77. The van der Waals surface area contributed by atoms with Gasteiger partial charge in [0.25, 0.3) is 5.91 Å². The van der Waals surface area contributed by atoms with Gasteiger partial charge in [0.15, 0.2) is 4.80 Å². The minimum absolute atomic E-state index is 0.0160. The molecule has 0 saturated carbocycles. The maximum absolute atomic E-state index is 12.7. The summed E-state index contributed by atoms with van der Waals surface area (Å²) in [4.78, 5) is 19.4. The average Bonchev–Trinajstić information content (AvgIpc) is 3.01. The van der Waals surface area contributed by atoms with E-state index in [-0.39, 0.29) is 10.8 Å². The summed E-state index contributed by atoms with van der Waals surface area (Å²) < 4.78 is 31.0. The Hall–Kier alpha value is -2.53. The lowest BCUT2D eigenvalue weighted by molar-refractivity contribution is 0.0997. The summed E-state index contributed by atoms with van der Waals surface area (Å²) >= 11 is 1.23. The highest BCUT2D eigenvalue weighted by Gasteiger charge is 2.14. The van der Waals surface area contributed by atoms with Gasteiger partial charge >= 0.3 is 0 Å². The van der Waals surface area contributed by atoms with Gasteiger partial charge in [-0.2, -0.15) is 4.99 Å². The van der Waals surface area contributed by atoms with Crippen LogP contribution in [0, 0.1) is 0 Å². The summed E-state index contributed by atoms with van der Waals surface area (Å²) in [6.45, 7) is 0.887. The summed E-state index contributed by atoms with van der Waals surface area (Å²) in [7, 11) is 1.61. The summed E-state index contributed by atoms with van der Waals surface area (Å²) in [6, 6.07) is 11.8. The molecule has 0 aliphatic heterocycles. The molecule has 0 atom stereocenters. The van der Waals surface area contributed by atoms with E-state index < -0.39 is 10.0 Å². The summed E-state index contributed by atoms with van der Waals surface area (Å²) in [5.74, 6) is -0.375. The first-order valence-electron chi connectivity index (χ1n) is 8.72. The average molecular weight is 435 g/mol. The van der Waals surface area contributed by atoms with Crippen LogP contribution in [0.25, 0.3) is 10.2 Å². The zero-order valence-electron chi connectivity index (χ0n) is 16.3. The number of rotatable bonds is 6. The van der Waals surface area contributed by atoms with Crippen molar-refractivity contribution in [1.82, 2.24) is 4.57 Å². The van der Waals surface area contributed by atoms with Gasteiger partial charge in [-0.05, 0) is 42.5 Å². The number of nitrogens with two attached hydrogens (primary N) is 1. The molecule has 0 saturated heterocycles. The fourth-order valence-corrected chi connectivity index (χ4v) is 4.48. The Morgan fingerprint density at radius 2 is 1.90 bits per heavy atom. The van der Waals surface area contributed by atoms with Gasteiger partial charge in [0.2, 0.25) is 10.0 Å². The number of carbonyl (C=O) groups excluding carboxylic acids is 1. The molecule has 3 aromatic rings. The molecule has 2 N–H and O–H groups in total. The molecule has 2 aromatic carbocycles. The van der Waals surface area contributed by atoms with Crippen LogP contribution in [0.15, 0.2) is 52.4 Å².